The lowest BCUT2D eigenvalue weighted by molar-refractivity contribution is -0.137. The third-order valence-electron chi connectivity index (χ3n) is 6.08. The van der Waals surface area contributed by atoms with Gasteiger partial charge < -0.3 is 24.4 Å². The third kappa shape index (κ3) is 6.19. The summed E-state index contributed by atoms with van der Waals surface area (Å²) >= 11 is 0. The summed E-state index contributed by atoms with van der Waals surface area (Å²) < 4.78 is 11.1. The summed E-state index contributed by atoms with van der Waals surface area (Å²) in [7, 11) is 3.81. The Morgan fingerprint density at radius 3 is 2.77 bits per heavy atom. The summed E-state index contributed by atoms with van der Waals surface area (Å²) in [6.45, 7) is 8.72. The lowest BCUT2D eigenvalue weighted by Crippen LogP contribution is -2.47. The first-order valence-corrected chi connectivity index (χ1v) is 10.0. The number of piperidine rings is 1. The highest BCUT2D eigenvalue weighted by molar-refractivity contribution is 5.76. The van der Waals surface area contributed by atoms with Crippen molar-refractivity contribution in [1.29, 1.82) is 0 Å². The van der Waals surface area contributed by atoms with Crippen LogP contribution in [-0.4, -0.2) is 87.1 Å². The van der Waals surface area contributed by atoms with Crippen LogP contribution in [0.5, 0.6) is 0 Å². The van der Waals surface area contributed by atoms with E-state index >= 15 is 0 Å². The van der Waals surface area contributed by atoms with Crippen LogP contribution in [0.1, 0.15) is 39.5 Å². The van der Waals surface area contributed by atoms with Crippen molar-refractivity contribution in [2.45, 2.75) is 45.6 Å². The van der Waals surface area contributed by atoms with Crippen LogP contribution in [0, 0.1) is 17.3 Å². The quantitative estimate of drug-likeness (QED) is 0.818. The standard InChI is InChI=1S/C20H38N2O4/c1-20(2)15-26-10-5-6-17-13-21(3)8-7-16(17)12-19(24)22(9-11-25-4)14-18(20)23/h16-18,23H,5-15H2,1-4H3/t16-,17-,18-/m0/s1. The molecular formula is C20H38N2O4. The number of likely N-dealkylation sites (tertiary alicyclic amines) is 1. The number of aliphatic hydroxyl groups excluding tert-OH is 1. The van der Waals surface area contributed by atoms with Gasteiger partial charge in [0.25, 0.3) is 0 Å². The van der Waals surface area contributed by atoms with Gasteiger partial charge in [0.2, 0.25) is 5.91 Å². The molecule has 2 aliphatic heterocycles. The van der Waals surface area contributed by atoms with E-state index in [1.807, 2.05) is 13.8 Å². The van der Waals surface area contributed by atoms with Crippen molar-refractivity contribution < 1.29 is 19.4 Å². The minimum Gasteiger partial charge on any atom is -0.391 e. The minimum atomic E-state index is -0.614. The molecular weight excluding hydrogens is 332 g/mol. The Bertz CT molecular complexity index is 444. The molecule has 2 fully saturated rings. The molecule has 0 aromatic rings. The normalized spacial score (nSPS) is 32.3. The molecule has 0 aromatic heterocycles. The molecule has 0 radical (unpaired) electrons. The smallest absolute Gasteiger partial charge is 0.223 e. The Kier molecular flexibility index (Phi) is 8.33. The molecule has 6 heteroatoms. The summed E-state index contributed by atoms with van der Waals surface area (Å²) in [6.07, 6.45) is 3.15. The molecule has 2 heterocycles. The van der Waals surface area contributed by atoms with Crippen molar-refractivity contribution in [2.75, 3.05) is 60.2 Å². The summed E-state index contributed by atoms with van der Waals surface area (Å²) in [5.41, 5.74) is -0.382. The molecule has 0 saturated carbocycles. The zero-order chi connectivity index (χ0) is 19.2. The maximum Gasteiger partial charge on any atom is 0.223 e. The predicted molar refractivity (Wildman–Crippen MR) is 102 cm³/mol. The molecule has 0 aliphatic carbocycles. The predicted octanol–water partition coefficient (Wildman–Crippen LogP) is 1.62. The van der Waals surface area contributed by atoms with E-state index in [2.05, 4.69) is 11.9 Å². The number of carbonyl (C=O) groups excluding carboxylic acids is 1. The lowest BCUT2D eigenvalue weighted by atomic mass is 9.80. The van der Waals surface area contributed by atoms with Crippen molar-refractivity contribution in [3.8, 4) is 0 Å². The van der Waals surface area contributed by atoms with Gasteiger partial charge in [0, 0.05) is 45.2 Å². The van der Waals surface area contributed by atoms with Gasteiger partial charge in [-0.1, -0.05) is 13.8 Å². The minimum absolute atomic E-state index is 0.150. The van der Waals surface area contributed by atoms with Crippen LogP contribution in [0.3, 0.4) is 0 Å². The van der Waals surface area contributed by atoms with Gasteiger partial charge >= 0.3 is 0 Å². The highest BCUT2D eigenvalue weighted by atomic mass is 16.5. The van der Waals surface area contributed by atoms with Crippen LogP contribution in [0.25, 0.3) is 0 Å². The summed E-state index contributed by atoms with van der Waals surface area (Å²) in [4.78, 5) is 17.2. The van der Waals surface area contributed by atoms with Crippen LogP contribution in [0.4, 0.5) is 0 Å². The molecule has 2 saturated heterocycles. The van der Waals surface area contributed by atoms with E-state index in [9.17, 15) is 9.90 Å². The average molecular weight is 371 g/mol. The van der Waals surface area contributed by atoms with Crippen molar-refractivity contribution in [3.63, 3.8) is 0 Å². The highest BCUT2D eigenvalue weighted by Crippen LogP contribution is 2.31. The molecule has 2 aliphatic rings. The Morgan fingerprint density at radius 2 is 2.04 bits per heavy atom. The second-order valence-corrected chi connectivity index (χ2v) is 8.81. The van der Waals surface area contributed by atoms with Crippen LogP contribution < -0.4 is 0 Å². The number of ether oxygens (including phenoxy) is 2. The van der Waals surface area contributed by atoms with Gasteiger partial charge in [-0.15, -0.1) is 0 Å². The van der Waals surface area contributed by atoms with Crippen molar-refractivity contribution in [2.24, 2.45) is 17.3 Å². The lowest BCUT2D eigenvalue weighted by Gasteiger charge is -2.38. The Labute approximate surface area is 158 Å². The van der Waals surface area contributed by atoms with Crippen LogP contribution in [0.2, 0.25) is 0 Å². The molecule has 0 bridgehead atoms. The third-order valence-corrected chi connectivity index (χ3v) is 6.08. The fourth-order valence-corrected chi connectivity index (χ4v) is 4.07. The average Bonchev–Trinajstić information content (AvgIpc) is 2.59. The number of hydrogen-bond acceptors (Lipinski definition) is 5. The fraction of sp³-hybridized carbons (Fsp3) is 0.950. The molecule has 3 atom stereocenters. The number of methoxy groups -OCH3 is 1. The molecule has 152 valence electrons. The monoisotopic (exact) mass is 370 g/mol. The molecule has 2 rings (SSSR count). The maximum atomic E-state index is 13.0. The van der Waals surface area contributed by atoms with Gasteiger partial charge in [-0.3, -0.25) is 4.79 Å². The second-order valence-electron chi connectivity index (χ2n) is 8.81. The van der Waals surface area contributed by atoms with E-state index in [1.54, 1.807) is 12.0 Å². The maximum absolute atomic E-state index is 13.0. The van der Waals surface area contributed by atoms with Crippen molar-refractivity contribution in [3.05, 3.63) is 0 Å². The Morgan fingerprint density at radius 1 is 1.27 bits per heavy atom. The summed E-state index contributed by atoms with van der Waals surface area (Å²) in [5, 5.41) is 10.7. The molecule has 1 amide bonds. The summed E-state index contributed by atoms with van der Waals surface area (Å²) in [6, 6.07) is 0. The zero-order valence-electron chi connectivity index (χ0n) is 17.1. The van der Waals surface area contributed by atoms with E-state index in [0.717, 1.165) is 39.0 Å². The molecule has 1 N–H and O–H groups in total. The highest BCUT2D eigenvalue weighted by Gasteiger charge is 2.34. The van der Waals surface area contributed by atoms with Gasteiger partial charge in [0.15, 0.2) is 0 Å². The van der Waals surface area contributed by atoms with Crippen molar-refractivity contribution in [1.82, 2.24) is 9.80 Å². The van der Waals surface area contributed by atoms with Gasteiger partial charge in [-0.2, -0.15) is 0 Å². The fourth-order valence-electron chi connectivity index (χ4n) is 4.07. The van der Waals surface area contributed by atoms with Gasteiger partial charge in [-0.25, -0.2) is 0 Å². The first-order valence-electron chi connectivity index (χ1n) is 10.0. The number of aliphatic hydroxyl groups is 1. The topological polar surface area (TPSA) is 62.2 Å². The Balaban J connectivity index is 2.14. The van der Waals surface area contributed by atoms with E-state index in [-0.39, 0.29) is 11.3 Å². The van der Waals surface area contributed by atoms with Gasteiger partial charge in [0.05, 0.1) is 19.3 Å². The number of rotatable bonds is 3. The summed E-state index contributed by atoms with van der Waals surface area (Å²) in [5.74, 6) is 1.12. The van der Waals surface area contributed by atoms with E-state index < -0.39 is 6.10 Å². The van der Waals surface area contributed by atoms with Gasteiger partial charge in [-0.05, 0) is 44.7 Å². The first-order chi connectivity index (χ1) is 12.3. The number of carbonyl (C=O) groups is 1. The second kappa shape index (κ2) is 10.0. The van der Waals surface area contributed by atoms with Crippen LogP contribution >= 0.6 is 0 Å². The van der Waals surface area contributed by atoms with E-state index in [4.69, 9.17) is 9.47 Å². The molecule has 26 heavy (non-hydrogen) atoms. The number of nitrogens with zero attached hydrogens (tertiary/aromatic N) is 2. The van der Waals surface area contributed by atoms with Crippen molar-refractivity contribution >= 4 is 5.91 Å². The Hall–Kier alpha value is -0.690. The molecule has 0 spiro atoms. The van der Waals surface area contributed by atoms with Crippen LogP contribution in [-0.2, 0) is 14.3 Å². The molecule has 0 aromatic carbocycles. The van der Waals surface area contributed by atoms with Gasteiger partial charge in [0.1, 0.15) is 0 Å². The molecule has 0 unspecified atom stereocenters. The number of β-amino-alcohol motifs (C(OH)–C–C–N with tert-alkyl or cyclic N) is 1. The first kappa shape index (κ1) is 21.6. The van der Waals surface area contributed by atoms with E-state index in [0.29, 0.717) is 44.6 Å². The largest absolute Gasteiger partial charge is 0.391 e. The number of fused-ring (bicyclic) bond motifs is 1. The zero-order valence-corrected chi connectivity index (χ0v) is 17.1. The number of amides is 1. The van der Waals surface area contributed by atoms with Crippen LogP contribution in [0.15, 0.2) is 0 Å². The SMILES string of the molecule is COCCN1C[C@H](O)C(C)(C)COCCC[C@H]2CN(C)CC[C@H]2CC1=O. The van der Waals surface area contributed by atoms with E-state index in [1.165, 1.54) is 0 Å². The number of hydrogen-bond donors (Lipinski definition) is 1. The molecule has 6 nitrogen and oxygen atoms in total.